The molecule has 0 saturated carbocycles. The molecule has 0 aliphatic rings. The summed E-state index contributed by atoms with van der Waals surface area (Å²) >= 11 is 3.41. The fourth-order valence-electron chi connectivity index (χ4n) is 2.49. The first-order valence-corrected chi connectivity index (χ1v) is 8.06. The third kappa shape index (κ3) is 2.94. The molecule has 6 heteroatoms. The van der Waals surface area contributed by atoms with Gasteiger partial charge >= 0.3 is 0 Å². The number of aromatic hydroxyl groups is 1. The highest BCUT2D eigenvalue weighted by Crippen LogP contribution is 2.25. The van der Waals surface area contributed by atoms with E-state index in [1.165, 1.54) is 0 Å². The van der Waals surface area contributed by atoms with Crippen LogP contribution in [-0.2, 0) is 6.42 Å². The number of nitrogens with zero attached hydrogens (tertiary/aromatic N) is 2. The van der Waals surface area contributed by atoms with Crippen molar-refractivity contribution < 1.29 is 9.90 Å². The topological polar surface area (TPSA) is 66.6 Å². The van der Waals surface area contributed by atoms with E-state index in [2.05, 4.69) is 26.2 Å². The maximum Gasteiger partial charge on any atom is 0.274 e. The van der Waals surface area contributed by atoms with E-state index < -0.39 is 0 Å². The Morgan fingerprint density at radius 2 is 2.13 bits per heavy atom. The smallest absolute Gasteiger partial charge is 0.274 e. The van der Waals surface area contributed by atoms with Crippen LogP contribution in [0.1, 0.15) is 28.7 Å². The molecule has 1 amide bonds. The second-order valence-electron chi connectivity index (χ2n) is 5.31. The summed E-state index contributed by atoms with van der Waals surface area (Å²) in [5.74, 6) is -0.259. The lowest BCUT2D eigenvalue weighted by molar-refractivity contribution is 0.102. The van der Waals surface area contributed by atoms with Crippen LogP contribution in [-0.4, -0.2) is 20.4 Å². The number of rotatable bonds is 3. The van der Waals surface area contributed by atoms with Gasteiger partial charge in [-0.05, 0) is 59.1 Å². The number of hydrogen-bond acceptors (Lipinski definition) is 3. The van der Waals surface area contributed by atoms with Crippen LogP contribution in [0.5, 0.6) is 5.75 Å². The Morgan fingerprint density at radius 3 is 2.87 bits per heavy atom. The number of phenolic OH excluding ortho intramolecular Hbond substituents is 1. The quantitative estimate of drug-likeness (QED) is 0.683. The van der Waals surface area contributed by atoms with Gasteiger partial charge in [-0.3, -0.25) is 9.20 Å². The summed E-state index contributed by atoms with van der Waals surface area (Å²) in [4.78, 5) is 17.2. The van der Waals surface area contributed by atoms with Crippen molar-refractivity contribution in [3.63, 3.8) is 0 Å². The summed E-state index contributed by atoms with van der Waals surface area (Å²) < 4.78 is 2.61. The lowest BCUT2D eigenvalue weighted by Crippen LogP contribution is -2.16. The van der Waals surface area contributed by atoms with Gasteiger partial charge in [-0.15, -0.1) is 0 Å². The van der Waals surface area contributed by atoms with Gasteiger partial charge in [0.25, 0.3) is 5.91 Å². The molecule has 2 heterocycles. The Hall–Kier alpha value is -2.34. The number of benzene rings is 1. The van der Waals surface area contributed by atoms with Crippen LogP contribution in [0.15, 0.2) is 41.0 Å². The van der Waals surface area contributed by atoms with Crippen LogP contribution >= 0.6 is 15.9 Å². The predicted octanol–water partition coefficient (Wildman–Crippen LogP) is 3.93. The molecule has 0 unspecified atom stereocenters. The molecule has 3 rings (SSSR count). The van der Waals surface area contributed by atoms with Gasteiger partial charge in [0.2, 0.25) is 0 Å². The van der Waals surface area contributed by atoms with Crippen LogP contribution < -0.4 is 5.32 Å². The highest BCUT2D eigenvalue weighted by atomic mass is 79.9. The minimum absolute atomic E-state index is 0.0389. The van der Waals surface area contributed by atoms with E-state index in [9.17, 15) is 9.90 Å². The number of phenols is 1. The zero-order valence-corrected chi connectivity index (χ0v) is 14.4. The standard InChI is InChI=1S/C17H16BrN3O2/c1-3-12-16(21-9-11(18)5-7-15(21)19-12)17(23)20-13-8-10(2)4-6-14(13)22/h4-9,22H,3H2,1-2H3,(H,20,23). The summed E-state index contributed by atoms with van der Waals surface area (Å²) in [5.41, 5.74) is 3.25. The van der Waals surface area contributed by atoms with Crippen molar-refractivity contribution in [2.45, 2.75) is 20.3 Å². The normalized spacial score (nSPS) is 10.9. The summed E-state index contributed by atoms with van der Waals surface area (Å²) in [5, 5.41) is 12.7. The van der Waals surface area contributed by atoms with Gasteiger partial charge < -0.3 is 10.4 Å². The van der Waals surface area contributed by atoms with Crippen molar-refractivity contribution in [3.05, 3.63) is 58.0 Å². The Labute approximate surface area is 142 Å². The molecule has 5 nitrogen and oxygen atoms in total. The number of aromatic nitrogens is 2. The number of aryl methyl sites for hydroxylation is 2. The molecule has 0 bridgehead atoms. The molecule has 0 spiro atoms. The first kappa shape index (κ1) is 15.6. The van der Waals surface area contributed by atoms with Gasteiger partial charge in [0.1, 0.15) is 17.1 Å². The average molecular weight is 374 g/mol. The Morgan fingerprint density at radius 1 is 1.35 bits per heavy atom. The minimum atomic E-state index is -0.298. The number of anilines is 1. The van der Waals surface area contributed by atoms with Crippen molar-refractivity contribution in [1.29, 1.82) is 0 Å². The predicted molar refractivity (Wildman–Crippen MR) is 93.1 cm³/mol. The van der Waals surface area contributed by atoms with Gasteiger partial charge in [-0.2, -0.15) is 0 Å². The van der Waals surface area contributed by atoms with E-state index >= 15 is 0 Å². The van der Waals surface area contributed by atoms with Crippen LogP contribution in [0.3, 0.4) is 0 Å². The van der Waals surface area contributed by atoms with Gasteiger partial charge in [-0.1, -0.05) is 13.0 Å². The van der Waals surface area contributed by atoms with E-state index in [0.29, 0.717) is 29.1 Å². The molecule has 0 atom stereocenters. The highest BCUT2D eigenvalue weighted by molar-refractivity contribution is 9.10. The van der Waals surface area contributed by atoms with E-state index in [4.69, 9.17) is 0 Å². The molecular formula is C17H16BrN3O2. The van der Waals surface area contributed by atoms with Gasteiger partial charge in [0.15, 0.2) is 0 Å². The number of nitrogens with one attached hydrogen (secondary N) is 1. The zero-order chi connectivity index (χ0) is 16.6. The number of hydrogen-bond donors (Lipinski definition) is 2. The van der Waals surface area contributed by atoms with Crippen LogP contribution in [0.25, 0.3) is 5.65 Å². The van der Waals surface area contributed by atoms with Gasteiger partial charge in [0, 0.05) is 10.7 Å². The number of fused-ring (bicyclic) bond motifs is 1. The Bertz CT molecular complexity index is 902. The largest absolute Gasteiger partial charge is 0.506 e. The molecule has 0 aliphatic heterocycles. The summed E-state index contributed by atoms with van der Waals surface area (Å²) in [6.45, 7) is 3.86. The third-order valence-electron chi connectivity index (χ3n) is 3.60. The maximum absolute atomic E-state index is 12.7. The monoisotopic (exact) mass is 373 g/mol. The molecular weight excluding hydrogens is 358 g/mol. The Kier molecular flexibility index (Phi) is 4.09. The minimum Gasteiger partial charge on any atom is -0.506 e. The van der Waals surface area contributed by atoms with Crippen molar-refractivity contribution >= 4 is 33.2 Å². The molecule has 3 aromatic rings. The van der Waals surface area contributed by atoms with Crippen LogP contribution in [0, 0.1) is 6.92 Å². The number of carbonyl (C=O) groups excluding carboxylic acids is 1. The number of amides is 1. The molecule has 0 fully saturated rings. The van der Waals surface area contributed by atoms with E-state index in [1.807, 2.05) is 32.2 Å². The lowest BCUT2D eigenvalue weighted by Gasteiger charge is -2.09. The molecule has 118 valence electrons. The SMILES string of the molecule is CCc1nc2ccc(Br)cn2c1C(=O)Nc1cc(C)ccc1O. The van der Waals surface area contributed by atoms with Crippen molar-refractivity contribution in [3.8, 4) is 5.75 Å². The second kappa shape index (κ2) is 6.04. The zero-order valence-electron chi connectivity index (χ0n) is 12.8. The van der Waals surface area contributed by atoms with Crippen molar-refractivity contribution in [2.24, 2.45) is 0 Å². The average Bonchev–Trinajstić information content (AvgIpc) is 2.88. The second-order valence-corrected chi connectivity index (χ2v) is 6.23. The summed E-state index contributed by atoms with van der Waals surface area (Å²) in [6, 6.07) is 8.82. The van der Waals surface area contributed by atoms with Crippen LogP contribution in [0.4, 0.5) is 5.69 Å². The highest BCUT2D eigenvalue weighted by Gasteiger charge is 2.19. The molecule has 0 aliphatic carbocycles. The number of pyridine rings is 1. The number of halogens is 1. The Balaban J connectivity index is 2.06. The first-order chi connectivity index (χ1) is 11.0. The first-order valence-electron chi connectivity index (χ1n) is 7.27. The van der Waals surface area contributed by atoms with Crippen LogP contribution in [0.2, 0.25) is 0 Å². The van der Waals surface area contributed by atoms with Gasteiger partial charge in [-0.25, -0.2) is 4.98 Å². The summed E-state index contributed by atoms with van der Waals surface area (Å²) in [7, 11) is 0. The van der Waals surface area contributed by atoms with E-state index in [1.54, 1.807) is 22.6 Å². The molecule has 23 heavy (non-hydrogen) atoms. The number of imidazole rings is 1. The fourth-order valence-corrected chi connectivity index (χ4v) is 2.82. The molecule has 2 aromatic heterocycles. The third-order valence-corrected chi connectivity index (χ3v) is 4.07. The molecule has 1 aromatic carbocycles. The fraction of sp³-hybridized carbons (Fsp3) is 0.176. The lowest BCUT2D eigenvalue weighted by atomic mass is 10.2. The van der Waals surface area contributed by atoms with E-state index in [-0.39, 0.29) is 11.7 Å². The van der Waals surface area contributed by atoms with Gasteiger partial charge in [0.05, 0.1) is 11.4 Å². The van der Waals surface area contributed by atoms with Crippen molar-refractivity contribution in [2.75, 3.05) is 5.32 Å². The molecule has 0 radical (unpaired) electrons. The van der Waals surface area contributed by atoms with Crippen molar-refractivity contribution in [1.82, 2.24) is 9.38 Å². The molecule has 2 N–H and O–H groups in total. The summed E-state index contributed by atoms with van der Waals surface area (Å²) in [6.07, 6.45) is 2.45. The van der Waals surface area contributed by atoms with E-state index in [0.717, 1.165) is 10.0 Å². The molecule has 0 saturated heterocycles. The number of carbonyl (C=O) groups is 1. The maximum atomic E-state index is 12.7.